The Labute approximate surface area is 72.2 Å². The highest BCUT2D eigenvalue weighted by Crippen LogP contribution is 2.17. The van der Waals surface area contributed by atoms with E-state index in [1.807, 2.05) is 12.4 Å². The van der Waals surface area contributed by atoms with Gasteiger partial charge in [0, 0.05) is 12.1 Å². The molecule has 0 atom stereocenters. The van der Waals surface area contributed by atoms with Crippen LogP contribution in [-0.4, -0.2) is 12.1 Å². The summed E-state index contributed by atoms with van der Waals surface area (Å²) >= 11 is 0. The van der Waals surface area contributed by atoms with E-state index >= 15 is 0 Å². The van der Waals surface area contributed by atoms with Crippen LogP contribution in [0.25, 0.3) is 0 Å². The predicted octanol–water partition coefficient (Wildman–Crippen LogP) is 0.439. The summed E-state index contributed by atoms with van der Waals surface area (Å²) in [4.78, 5) is 0. The van der Waals surface area contributed by atoms with Crippen LogP contribution in [0.2, 0.25) is 0 Å². The summed E-state index contributed by atoms with van der Waals surface area (Å²) in [5.74, 6) is 0. The van der Waals surface area contributed by atoms with E-state index in [4.69, 9.17) is 10.5 Å². The molecule has 1 aliphatic rings. The molecule has 0 unspecified atom stereocenters. The van der Waals surface area contributed by atoms with Crippen LogP contribution in [0, 0.1) is 22.9 Å². The number of rotatable bonds is 2. The highest BCUT2D eigenvalue weighted by Gasteiger charge is 2.19. The predicted molar refractivity (Wildman–Crippen MR) is 43.5 cm³/mol. The average Bonchev–Trinajstić information content (AvgIpc) is 2.09. The zero-order chi connectivity index (χ0) is 8.81. The molecule has 12 heavy (non-hydrogen) atoms. The fourth-order valence-corrected chi connectivity index (χ4v) is 1.56. The molecular weight excluding hydrogens is 152 g/mol. The van der Waals surface area contributed by atoms with E-state index in [0.717, 1.165) is 25.7 Å². The summed E-state index contributed by atoms with van der Waals surface area (Å²) in [5, 5.41) is 22.2. The summed E-state index contributed by atoms with van der Waals surface area (Å²) in [6.45, 7) is 0. The monoisotopic (exact) mass is 164 g/mol. The molecule has 0 bridgehead atoms. The standard InChI is InChI=1S/C8H12N4/c9-5-11-7-1-2-8(4-3-7)12-6-10/h7-8,11-12H,1-4H2. The zero-order valence-corrected chi connectivity index (χ0v) is 6.88. The van der Waals surface area contributed by atoms with Crippen LogP contribution in [0.3, 0.4) is 0 Å². The van der Waals surface area contributed by atoms with Crippen LogP contribution >= 0.6 is 0 Å². The molecule has 2 N–H and O–H groups in total. The van der Waals surface area contributed by atoms with Gasteiger partial charge in [0.25, 0.3) is 0 Å². The molecule has 4 heteroatoms. The maximum atomic E-state index is 8.36. The summed E-state index contributed by atoms with van der Waals surface area (Å²) in [6.07, 6.45) is 7.81. The van der Waals surface area contributed by atoms with Crippen LogP contribution in [0.15, 0.2) is 0 Å². The van der Waals surface area contributed by atoms with Crippen molar-refractivity contribution in [3.63, 3.8) is 0 Å². The molecule has 0 radical (unpaired) electrons. The van der Waals surface area contributed by atoms with Crippen molar-refractivity contribution >= 4 is 0 Å². The molecule has 0 aromatic heterocycles. The first-order chi connectivity index (χ1) is 5.86. The van der Waals surface area contributed by atoms with Crippen molar-refractivity contribution in [2.24, 2.45) is 0 Å². The minimum atomic E-state index is 0.326. The third kappa shape index (κ3) is 2.32. The number of hydrogen-bond acceptors (Lipinski definition) is 4. The molecule has 4 nitrogen and oxygen atoms in total. The van der Waals surface area contributed by atoms with Crippen molar-refractivity contribution in [3.05, 3.63) is 0 Å². The summed E-state index contributed by atoms with van der Waals surface area (Å²) < 4.78 is 0. The fraction of sp³-hybridized carbons (Fsp3) is 0.750. The van der Waals surface area contributed by atoms with Gasteiger partial charge in [0.05, 0.1) is 0 Å². The van der Waals surface area contributed by atoms with Gasteiger partial charge in [-0.15, -0.1) is 0 Å². The molecule has 0 aliphatic heterocycles. The minimum absolute atomic E-state index is 0.326. The third-order valence-electron chi connectivity index (χ3n) is 2.26. The maximum Gasteiger partial charge on any atom is 0.176 e. The lowest BCUT2D eigenvalue weighted by molar-refractivity contribution is 0.347. The van der Waals surface area contributed by atoms with E-state index in [1.165, 1.54) is 0 Å². The Hall–Kier alpha value is -1.42. The van der Waals surface area contributed by atoms with Gasteiger partial charge < -0.3 is 10.6 Å². The van der Waals surface area contributed by atoms with Crippen LogP contribution in [0.5, 0.6) is 0 Å². The van der Waals surface area contributed by atoms with Crippen molar-refractivity contribution in [1.29, 1.82) is 10.5 Å². The van der Waals surface area contributed by atoms with Crippen LogP contribution in [-0.2, 0) is 0 Å². The highest BCUT2D eigenvalue weighted by molar-refractivity contribution is 4.87. The molecule has 0 amide bonds. The van der Waals surface area contributed by atoms with Crippen LogP contribution in [0.4, 0.5) is 0 Å². The van der Waals surface area contributed by atoms with Crippen molar-refractivity contribution in [1.82, 2.24) is 10.6 Å². The van der Waals surface area contributed by atoms with Crippen molar-refractivity contribution in [2.75, 3.05) is 0 Å². The van der Waals surface area contributed by atoms with Crippen LogP contribution in [0.1, 0.15) is 25.7 Å². The average molecular weight is 164 g/mol. The quantitative estimate of drug-likeness (QED) is 0.459. The van der Waals surface area contributed by atoms with Crippen molar-refractivity contribution < 1.29 is 0 Å². The number of nitrogens with zero attached hydrogens (tertiary/aromatic N) is 2. The number of hydrogen-bond donors (Lipinski definition) is 2. The second kappa shape index (κ2) is 4.46. The molecule has 0 aromatic carbocycles. The van der Waals surface area contributed by atoms with Gasteiger partial charge in [-0.25, -0.2) is 0 Å². The lowest BCUT2D eigenvalue weighted by Crippen LogP contribution is -2.36. The Morgan fingerprint density at radius 1 is 0.833 bits per heavy atom. The molecule has 1 fully saturated rings. The van der Waals surface area contributed by atoms with Gasteiger partial charge in [-0.2, -0.15) is 10.5 Å². The van der Waals surface area contributed by atoms with Crippen LogP contribution < -0.4 is 10.6 Å². The summed E-state index contributed by atoms with van der Waals surface area (Å²) in [5.41, 5.74) is 0. The summed E-state index contributed by atoms with van der Waals surface area (Å²) in [6, 6.07) is 0.651. The molecule has 1 rings (SSSR count). The van der Waals surface area contributed by atoms with E-state index in [1.54, 1.807) is 0 Å². The smallest absolute Gasteiger partial charge is 0.176 e. The maximum absolute atomic E-state index is 8.36. The van der Waals surface area contributed by atoms with Gasteiger partial charge in [-0.05, 0) is 25.7 Å². The number of nitrogens with one attached hydrogen (secondary N) is 2. The second-order valence-electron chi connectivity index (χ2n) is 3.06. The lowest BCUT2D eigenvalue weighted by atomic mass is 9.91. The van der Waals surface area contributed by atoms with Crippen molar-refractivity contribution in [3.8, 4) is 12.4 Å². The van der Waals surface area contributed by atoms with Gasteiger partial charge in [0.1, 0.15) is 0 Å². The first-order valence-corrected chi connectivity index (χ1v) is 4.16. The van der Waals surface area contributed by atoms with E-state index in [2.05, 4.69) is 10.6 Å². The Kier molecular flexibility index (Phi) is 3.22. The molecule has 0 heterocycles. The fourth-order valence-electron chi connectivity index (χ4n) is 1.56. The topological polar surface area (TPSA) is 71.6 Å². The molecule has 64 valence electrons. The highest BCUT2D eigenvalue weighted by atomic mass is 14.9. The van der Waals surface area contributed by atoms with E-state index in [-0.39, 0.29) is 0 Å². The van der Waals surface area contributed by atoms with Gasteiger partial charge in [0.2, 0.25) is 0 Å². The third-order valence-corrected chi connectivity index (χ3v) is 2.26. The van der Waals surface area contributed by atoms with E-state index < -0.39 is 0 Å². The van der Waals surface area contributed by atoms with Gasteiger partial charge >= 0.3 is 0 Å². The summed E-state index contributed by atoms with van der Waals surface area (Å²) in [7, 11) is 0. The van der Waals surface area contributed by atoms with Crippen molar-refractivity contribution in [2.45, 2.75) is 37.8 Å². The SMILES string of the molecule is N#CNC1CCC(NC#N)CC1. The number of nitriles is 2. The van der Waals surface area contributed by atoms with Gasteiger partial charge in [0.15, 0.2) is 12.4 Å². The molecule has 0 spiro atoms. The molecule has 0 saturated heterocycles. The normalized spacial score (nSPS) is 28.2. The Bertz CT molecular complexity index is 180. The van der Waals surface area contributed by atoms with Gasteiger partial charge in [-0.3, -0.25) is 0 Å². The minimum Gasteiger partial charge on any atom is -0.321 e. The Morgan fingerprint density at radius 2 is 1.17 bits per heavy atom. The van der Waals surface area contributed by atoms with E-state index in [0.29, 0.717) is 12.1 Å². The first kappa shape index (κ1) is 8.67. The molecule has 1 saturated carbocycles. The first-order valence-electron chi connectivity index (χ1n) is 4.16. The molecular formula is C8H12N4. The van der Waals surface area contributed by atoms with Gasteiger partial charge in [-0.1, -0.05) is 0 Å². The zero-order valence-electron chi connectivity index (χ0n) is 6.88. The lowest BCUT2D eigenvalue weighted by Gasteiger charge is -2.26. The Morgan fingerprint density at radius 3 is 1.42 bits per heavy atom. The second-order valence-corrected chi connectivity index (χ2v) is 3.06. The largest absolute Gasteiger partial charge is 0.321 e. The molecule has 0 aromatic rings. The Balaban J connectivity index is 2.22. The van der Waals surface area contributed by atoms with E-state index in [9.17, 15) is 0 Å². The molecule has 1 aliphatic carbocycles.